The summed E-state index contributed by atoms with van der Waals surface area (Å²) in [5.74, 6) is 0.743. The largest absolute Gasteiger partial charge is 0.339 e. The summed E-state index contributed by atoms with van der Waals surface area (Å²) in [6.07, 6.45) is 5.89. The molecule has 1 aromatic rings. The summed E-state index contributed by atoms with van der Waals surface area (Å²) in [4.78, 5) is 20.4. The second-order valence-electron chi connectivity index (χ2n) is 5.59. The quantitative estimate of drug-likeness (QED) is 0.804. The fraction of sp³-hybridized carbons (Fsp3) is 0.600. The van der Waals surface area contributed by atoms with Crippen LogP contribution in [0.15, 0.2) is 24.5 Å². The number of likely N-dealkylation sites (N-methyl/N-ethyl adjacent to an activating group) is 1. The standard InChI is InChI=1S/C15H21N3O/c1-2-17(9-12-5-7-16-8-6-12)14-10-18(11-14)15(19)13-3-4-13/h5-8,13-14H,2-4,9-11H2,1H3. The molecule has 1 amide bonds. The van der Waals surface area contributed by atoms with E-state index >= 15 is 0 Å². The van der Waals surface area contributed by atoms with Crippen LogP contribution in [0.3, 0.4) is 0 Å². The molecule has 0 radical (unpaired) electrons. The molecule has 1 aliphatic heterocycles. The molecule has 2 aliphatic rings. The van der Waals surface area contributed by atoms with Crippen LogP contribution < -0.4 is 0 Å². The molecule has 2 heterocycles. The first-order valence-electron chi connectivity index (χ1n) is 7.19. The van der Waals surface area contributed by atoms with E-state index in [0.717, 1.165) is 39.0 Å². The monoisotopic (exact) mass is 259 g/mol. The van der Waals surface area contributed by atoms with Gasteiger partial charge in [-0.05, 0) is 37.1 Å². The molecule has 0 bridgehead atoms. The van der Waals surface area contributed by atoms with E-state index in [9.17, 15) is 4.79 Å². The fourth-order valence-corrected chi connectivity index (χ4v) is 2.68. The summed E-state index contributed by atoms with van der Waals surface area (Å²) in [6.45, 7) is 5.99. The van der Waals surface area contributed by atoms with Crippen molar-refractivity contribution in [1.82, 2.24) is 14.8 Å². The highest BCUT2D eigenvalue weighted by Gasteiger charge is 2.40. The number of nitrogens with zero attached hydrogens (tertiary/aromatic N) is 3. The zero-order chi connectivity index (χ0) is 13.2. The van der Waals surface area contributed by atoms with Gasteiger partial charge in [-0.1, -0.05) is 6.92 Å². The van der Waals surface area contributed by atoms with Crippen molar-refractivity contribution >= 4 is 5.91 Å². The molecule has 0 aromatic carbocycles. The van der Waals surface area contributed by atoms with Crippen LogP contribution in [0.1, 0.15) is 25.3 Å². The molecule has 1 saturated carbocycles. The molecule has 0 unspecified atom stereocenters. The predicted octanol–water partition coefficient (Wildman–Crippen LogP) is 1.52. The first-order valence-corrected chi connectivity index (χ1v) is 7.19. The number of amides is 1. The first kappa shape index (κ1) is 12.6. The summed E-state index contributed by atoms with van der Waals surface area (Å²) >= 11 is 0. The van der Waals surface area contributed by atoms with Crippen molar-refractivity contribution in [2.45, 2.75) is 32.4 Å². The molecule has 19 heavy (non-hydrogen) atoms. The molecule has 1 aromatic heterocycles. The van der Waals surface area contributed by atoms with Crippen LogP contribution in [0.4, 0.5) is 0 Å². The third-order valence-electron chi connectivity index (χ3n) is 4.16. The Balaban J connectivity index is 1.52. The van der Waals surface area contributed by atoms with Gasteiger partial charge in [0.2, 0.25) is 5.91 Å². The van der Waals surface area contributed by atoms with E-state index in [0.29, 0.717) is 17.9 Å². The second kappa shape index (κ2) is 5.29. The van der Waals surface area contributed by atoms with Crippen LogP contribution in [0.5, 0.6) is 0 Å². The van der Waals surface area contributed by atoms with Crippen LogP contribution >= 0.6 is 0 Å². The zero-order valence-electron chi connectivity index (χ0n) is 11.5. The summed E-state index contributed by atoms with van der Waals surface area (Å²) in [7, 11) is 0. The summed E-state index contributed by atoms with van der Waals surface area (Å²) < 4.78 is 0. The van der Waals surface area contributed by atoms with E-state index in [1.54, 1.807) is 0 Å². The third-order valence-corrected chi connectivity index (χ3v) is 4.16. The number of aromatic nitrogens is 1. The van der Waals surface area contributed by atoms with Crippen molar-refractivity contribution in [3.05, 3.63) is 30.1 Å². The molecule has 0 atom stereocenters. The lowest BCUT2D eigenvalue weighted by Gasteiger charge is -2.45. The van der Waals surface area contributed by atoms with E-state index in [2.05, 4.69) is 28.9 Å². The highest BCUT2D eigenvalue weighted by Crippen LogP contribution is 2.33. The minimum atomic E-state index is 0.358. The Kier molecular flexibility index (Phi) is 3.51. The van der Waals surface area contributed by atoms with Crippen LogP contribution in [-0.2, 0) is 11.3 Å². The Morgan fingerprint density at radius 2 is 2.05 bits per heavy atom. The predicted molar refractivity (Wildman–Crippen MR) is 73.4 cm³/mol. The highest BCUT2D eigenvalue weighted by atomic mass is 16.2. The molecule has 3 rings (SSSR count). The van der Waals surface area contributed by atoms with E-state index in [4.69, 9.17) is 0 Å². The van der Waals surface area contributed by atoms with Gasteiger partial charge < -0.3 is 4.90 Å². The van der Waals surface area contributed by atoms with Crippen LogP contribution in [-0.4, -0.2) is 46.4 Å². The fourth-order valence-electron chi connectivity index (χ4n) is 2.68. The zero-order valence-corrected chi connectivity index (χ0v) is 11.5. The van der Waals surface area contributed by atoms with Gasteiger partial charge in [0.25, 0.3) is 0 Å². The number of carbonyl (C=O) groups is 1. The van der Waals surface area contributed by atoms with Crippen LogP contribution in [0, 0.1) is 5.92 Å². The van der Waals surface area contributed by atoms with Gasteiger partial charge in [0.15, 0.2) is 0 Å². The summed E-state index contributed by atoms with van der Waals surface area (Å²) in [6, 6.07) is 4.66. The maximum absolute atomic E-state index is 11.9. The van der Waals surface area contributed by atoms with E-state index in [1.807, 2.05) is 17.3 Å². The minimum Gasteiger partial charge on any atom is -0.339 e. The van der Waals surface area contributed by atoms with Gasteiger partial charge in [0, 0.05) is 44.0 Å². The first-order chi connectivity index (χ1) is 9.28. The van der Waals surface area contributed by atoms with Gasteiger partial charge in [-0.25, -0.2) is 0 Å². The van der Waals surface area contributed by atoms with Crippen molar-refractivity contribution in [1.29, 1.82) is 0 Å². The lowest BCUT2D eigenvalue weighted by molar-refractivity contribution is -0.140. The number of rotatable bonds is 5. The molecular weight excluding hydrogens is 238 g/mol. The SMILES string of the molecule is CCN(Cc1ccncc1)C1CN(C(=O)C2CC2)C1. The molecule has 0 spiro atoms. The molecule has 0 N–H and O–H groups in total. The van der Waals surface area contributed by atoms with Gasteiger partial charge >= 0.3 is 0 Å². The second-order valence-corrected chi connectivity index (χ2v) is 5.59. The van der Waals surface area contributed by atoms with Gasteiger partial charge in [-0.15, -0.1) is 0 Å². The van der Waals surface area contributed by atoms with Crippen molar-refractivity contribution in [3.8, 4) is 0 Å². The third kappa shape index (κ3) is 2.78. The maximum Gasteiger partial charge on any atom is 0.225 e. The van der Waals surface area contributed by atoms with Crippen molar-refractivity contribution in [2.75, 3.05) is 19.6 Å². The van der Waals surface area contributed by atoms with Gasteiger partial charge in [0.1, 0.15) is 0 Å². The lowest BCUT2D eigenvalue weighted by atomic mass is 10.1. The molecule has 2 fully saturated rings. The van der Waals surface area contributed by atoms with E-state index in [-0.39, 0.29) is 0 Å². The van der Waals surface area contributed by atoms with Crippen molar-refractivity contribution in [3.63, 3.8) is 0 Å². The molecular formula is C15H21N3O. The van der Waals surface area contributed by atoms with Gasteiger partial charge in [-0.3, -0.25) is 14.7 Å². The minimum absolute atomic E-state index is 0.358. The van der Waals surface area contributed by atoms with Crippen molar-refractivity contribution < 1.29 is 4.79 Å². The highest BCUT2D eigenvalue weighted by molar-refractivity contribution is 5.81. The van der Waals surface area contributed by atoms with Crippen LogP contribution in [0.25, 0.3) is 0 Å². The average molecular weight is 259 g/mol. The summed E-state index contributed by atoms with van der Waals surface area (Å²) in [5, 5.41) is 0. The Labute approximate surface area is 114 Å². The molecule has 4 nitrogen and oxygen atoms in total. The molecule has 4 heteroatoms. The normalized spacial score (nSPS) is 19.6. The smallest absolute Gasteiger partial charge is 0.225 e. The van der Waals surface area contributed by atoms with Crippen LogP contribution in [0.2, 0.25) is 0 Å². The van der Waals surface area contributed by atoms with Crippen molar-refractivity contribution in [2.24, 2.45) is 5.92 Å². The Bertz CT molecular complexity index is 438. The van der Waals surface area contributed by atoms with E-state index < -0.39 is 0 Å². The lowest BCUT2D eigenvalue weighted by Crippen LogP contribution is -2.61. The molecule has 1 aliphatic carbocycles. The summed E-state index contributed by atoms with van der Waals surface area (Å²) in [5.41, 5.74) is 1.30. The topological polar surface area (TPSA) is 36.4 Å². The molecule has 1 saturated heterocycles. The number of likely N-dealkylation sites (tertiary alicyclic amines) is 1. The van der Waals surface area contributed by atoms with Gasteiger partial charge in [-0.2, -0.15) is 0 Å². The van der Waals surface area contributed by atoms with Gasteiger partial charge in [0.05, 0.1) is 0 Å². The molecule has 102 valence electrons. The maximum atomic E-state index is 11.9. The number of hydrogen-bond acceptors (Lipinski definition) is 3. The number of hydrogen-bond donors (Lipinski definition) is 0. The number of carbonyl (C=O) groups excluding carboxylic acids is 1. The Morgan fingerprint density at radius 1 is 1.37 bits per heavy atom. The number of pyridine rings is 1. The Morgan fingerprint density at radius 3 is 2.63 bits per heavy atom. The average Bonchev–Trinajstić information content (AvgIpc) is 3.21. The van der Waals surface area contributed by atoms with E-state index in [1.165, 1.54) is 5.56 Å². The Hall–Kier alpha value is -1.42.